The predicted molar refractivity (Wildman–Crippen MR) is 69.9 cm³/mol. The van der Waals surface area contributed by atoms with Crippen LogP contribution >= 0.6 is 11.6 Å². The van der Waals surface area contributed by atoms with Crippen molar-refractivity contribution in [1.82, 2.24) is 5.32 Å². The molecule has 2 atom stereocenters. The van der Waals surface area contributed by atoms with Crippen LogP contribution in [-0.4, -0.2) is 24.4 Å². The van der Waals surface area contributed by atoms with Crippen molar-refractivity contribution in [3.8, 4) is 5.75 Å². The van der Waals surface area contributed by atoms with Crippen LogP contribution in [0, 0.1) is 5.92 Å². The number of benzene rings is 1. The zero-order chi connectivity index (χ0) is 14.4. The van der Waals surface area contributed by atoms with E-state index in [9.17, 15) is 13.6 Å². The number of halogens is 3. The number of hydrogen-bond donors (Lipinski definition) is 1. The van der Waals surface area contributed by atoms with Gasteiger partial charge in [-0.25, -0.2) is 0 Å². The molecule has 19 heavy (non-hydrogen) atoms. The molecule has 0 aromatic heterocycles. The molecule has 6 heteroatoms. The summed E-state index contributed by atoms with van der Waals surface area (Å²) in [6.07, 6.45) is 0. The molecule has 106 valence electrons. The van der Waals surface area contributed by atoms with Gasteiger partial charge in [0.2, 0.25) is 0 Å². The number of carbonyl (C=O) groups excluding carboxylic acids is 1. The summed E-state index contributed by atoms with van der Waals surface area (Å²) in [4.78, 5) is 11.9. The highest BCUT2D eigenvalue weighted by molar-refractivity contribution is 6.18. The summed E-state index contributed by atoms with van der Waals surface area (Å²) in [5, 5.41) is 2.79. The van der Waals surface area contributed by atoms with Crippen molar-refractivity contribution < 1.29 is 18.3 Å². The van der Waals surface area contributed by atoms with Crippen molar-refractivity contribution in [3.63, 3.8) is 0 Å². The summed E-state index contributed by atoms with van der Waals surface area (Å²) in [5.74, 6) is 0.344. The Morgan fingerprint density at radius 2 is 1.89 bits per heavy atom. The Balaban J connectivity index is 2.62. The average molecular weight is 292 g/mol. The molecule has 1 aromatic rings. The smallest absolute Gasteiger partial charge is 0.387 e. The third-order valence-electron chi connectivity index (χ3n) is 2.80. The topological polar surface area (TPSA) is 38.3 Å². The van der Waals surface area contributed by atoms with Crippen molar-refractivity contribution >= 4 is 17.5 Å². The monoisotopic (exact) mass is 291 g/mol. The Morgan fingerprint density at radius 3 is 2.37 bits per heavy atom. The van der Waals surface area contributed by atoms with Crippen molar-refractivity contribution in [3.05, 3.63) is 29.8 Å². The zero-order valence-electron chi connectivity index (χ0n) is 10.7. The van der Waals surface area contributed by atoms with Crippen LogP contribution in [0.1, 0.15) is 24.2 Å². The number of alkyl halides is 3. The molecule has 0 spiro atoms. The van der Waals surface area contributed by atoms with Crippen molar-refractivity contribution in [2.24, 2.45) is 5.92 Å². The maximum absolute atomic E-state index is 12.0. The van der Waals surface area contributed by atoms with Gasteiger partial charge in [-0.15, -0.1) is 11.6 Å². The van der Waals surface area contributed by atoms with E-state index in [1.165, 1.54) is 24.3 Å². The second-order valence-corrected chi connectivity index (χ2v) is 4.61. The highest BCUT2D eigenvalue weighted by Gasteiger charge is 2.15. The van der Waals surface area contributed by atoms with E-state index < -0.39 is 6.61 Å². The summed E-state index contributed by atoms with van der Waals surface area (Å²) in [6.45, 7) is 0.917. The number of ether oxygens (including phenoxy) is 1. The normalized spacial score (nSPS) is 14.0. The van der Waals surface area contributed by atoms with Crippen LogP contribution in [-0.2, 0) is 0 Å². The lowest BCUT2D eigenvalue weighted by atomic mass is 10.1. The lowest BCUT2D eigenvalue weighted by molar-refractivity contribution is -0.0498. The maximum Gasteiger partial charge on any atom is 0.387 e. The molecule has 1 amide bonds. The number of nitrogens with one attached hydrogen (secondary N) is 1. The van der Waals surface area contributed by atoms with E-state index in [2.05, 4.69) is 10.1 Å². The first-order chi connectivity index (χ1) is 8.93. The summed E-state index contributed by atoms with van der Waals surface area (Å²) in [5.41, 5.74) is 0.384. The van der Waals surface area contributed by atoms with Crippen LogP contribution in [0.2, 0.25) is 0 Å². The molecule has 0 saturated heterocycles. The third kappa shape index (κ3) is 5.03. The van der Waals surface area contributed by atoms with Gasteiger partial charge < -0.3 is 10.1 Å². The van der Waals surface area contributed by atoms with Gasteiger partial charge >= 0.3 is 6.61 Å². The molecule has 2 unspecified atom stereocenters. The number of amides is 1. The van der Waals surface area contributed by atoms with Gasteiger partial charge in [-0.05, 0) is 37.1 Å². The van der Waals surface area contributed by atoms with Gasteiger partial charge in [0.15, 0.2) is 0 Å². The molecule has 0 saturated carbocycles. The Morgan fingerprint density at radius 1 is 1.32 bits per heavy atom. The van der Waals surface area contributed by atoms with Gasteiger partial charge in [-0.1, -0.05) is 6.92 Å². The Bertz CT molecular complexity index is 412. The Labute approximate surface area is 115 Å². The van der Waals surface area contributed by atoms with Crippen LogP contribution in [0.25, 0.3) is 0 Å². The minimum Gasteiger partial charge on any atom is -0.435 e. The van der Waals surface area contributed by atoms with Crippen molar-refractivity contribution in [2.75, 3.05) is 5.88 Å². The van der Waals surface area contributed by atoms with Crippen LogP contribution in [0.4, 0.5) is 8.78 Å². The molecule has 0 heterocycles. The van der Waals surface area contributed by atoms with Gasteiger partial charge in [0, 0.05) is 17.5 Å². The summed E-state index contributed by atoms with van der Waals surface area (Å²) < 4.78 is 28.1. The summed E-state index contributed by atoms with van der Waals surface area (Å²) in [7, 11) is 0. The fourth-order valence-corrected chi connectivity index (χ4v) is 1.62. The van der Waals surface area contributed by atoms with Gasteiger partial charge in [0.1, 0.15) is 5.75 Å². The Hall–Kier alpha value is -1.36. The standard InChI is InChI=1S/C13H16ClF2NO2/c1-8(7-14)9(2)17-12(18)10-3-5-11(6-4-10)19-13(15)16/h3-6,8-9,13H,7H2,1-2H3,(H,17,18). The predicted octanol–water partition coefficient (Wildman–Crippen LogP) is 3.28. The van der Waals surface area contributed by atoms with Gasteiger partial charge in [0.25, 0.3) is 5.91 Å². The number of hydrogen-bond acceptors (Lipinski definition) is 2. The fourth-order valence-electron chi connectivity index (χ4n) is 1.35. The third-order valence-corrected chi connectivity index (χ3v) is 3.28. The minimum absolute atomic E-state index is 0.0220. The largest absolute Gasteiger partial charge is 0.435 e. The molecule has 3 nitrogen and oxygen atoms in total. The molecule has 1 rings (SSSR count). The SMILES string of the molecule is CC(CCl)C(C)NC(=O)c1ccc(OC(F)F)cc1. The van der Waals surface area contributed by atoms with E-state index in [0.717, 1.165) is 0 Å². The molecule has 0 aliphatic carbocycles. The molecule has 1 N–H and O–H groups in total. The van der Waals surface area contributed by atoms with E-state index in [-0.39, 0.29) is 23.6 Å². The fraction of sp³-hybridized carbons (Fsp3) is 0.462. The number of carbonyl (C=O) groups is 1. The molecule has 0 aliphatic heterocycles. The first-order valence-corrected chi connectivity index (χ1v) is 6.39. The first kappa shape index (κ1) is 15.7. The quantitative estimate of drug-likeness (QED) is 0.817. The molecule has 0 radical (unpaired) electrons. The van der Waals surface area contributed by atoms with E-state index >= 15 is 0 Å². The molecular formula is C13H16ClF2NO2. The second kappa shape index (κ2) is 7.28. The lowest BCUT2D eigenvalue weighted by Crippen LogP contribution is -2.37. The van der Waals surface area contributed by atoms with Gasteiger partial charge in [-0.2, -0.15) is 8.78 Å². The van der Waals surface area contributed by atoms with Gasteiger partial charge in [-0.3, -0.25) is 4.79 Å². The highest BCUT2D eigenvalue weighted by atomic mass is 35.5. The molecule has 0 bridgehead atoms. The lowest BCUT2D eigenvalue weighted by Gasteiger charge is -2.19. The van der Waals surface area contributed by atoms with Crippen LogP contribution < -0.4 is 10.1 Å². The van der Waals surface area contributed by atoms with Crippen molar-refractivity contribution in [2.45, 2.75) is 26.5 Å². The van der Waals surface area contributed by atoms with E-state index in [0.29, 0.717) is 11.4 Å². The highest BCUT2D eigenvalue weighted by Crippen LogP contribution is 2.15. The second-order valence-electron chi connectivity index (χ2n) is 4.30. The van der Waals surface area contributed by atoms with Crippen LogP contribution in [0.15, 0.2) is 24.3 Å². The van der Waals surface area contributed by atoms with E-state index in [1.54, 1.807) is 0 Å². The average Bonchev–Trinajstić information content (AvgIpc) is 2.37. The molecule has 0 fully saturated rings. The molecule has 1 aromatic carbocycles. The van der Waals surface area contributed by atoms with Crippen molar-refractivity contribution in [1.29, 1.82) is 0 Å². The van der Waals surface area contributed by atoms with E-state index in [4.69, 9.17) is 11.6 Å². The Kier molecular flexibility index (Phi) is 6.02. The molecular weight excluding hydrogens is 276 g/mol. The van der Waals surface area contributed by atoms with Crippen LogP contribution in [0.3, 0.4) is 0 Å². The first-order valence-electron chi connectivity index (χ1n) is 5.85. The molecule has 0 aliphatic rings. The van der Waals surface area contributed by atoms with E-state index in [1.807, 2.05) is 13.8 Å². The zero-order valence-corrected chi connectivity index (χ0v) is 11.5. The minimum atomic E-state index is -2.87. The number of rotatable bonds is 6. The summed E-state index contributed by atoms with van der Waals surface area (Å²) >= 11 is 5.71. The summed E-state index contributed by atoms with van der Waals surface area (Å²) in [6, 6.07) is 5.46. The maximum atomic E-state index is 12.0. The van der Waals surface area contributed by atoms with Gasteiger partial charge in [0.05, 0.1) is 0 Å². The van der Waals surface area contributed by atoms with Crippen LogP contribution in [0.5, 0.6) is 5.75 Å².